The molecule has 1 N–H and O–H groups in total. The van der Waals surface area contributed by atoms with Gasteiger partial charge in [-0.15, -0.1) is 11.8 Å². The highest BCUT2D eigenvalue weighted by molar-refractivity contribution is 7.99. The van der Waals surface area contributed by atoms with E-state index in [2.05, 4.69) is 59.7 Å². The molecule has 0 radical (unpaired) electrons. The monoisotopic (exact) mass is 501 g/mol. The third-order valence-corrected chi connectivity index (χ3v) is 8.04. The van der Waals surface area contributed by atoms with Crippen LogP contribution in [0.3, 0.4) is 0 Å². The number of rotatable bonds is 13. The smallest absolute Gasteiger partial charge is 0.129 e. The summed E-state index contributed by atoms with van der Waals surface area (Å²) in [5.41, 5.74) is 5.80. The summed E-state index contributed by atoms with van der Waals surface area (Å²) < 4.78 is 6.25. The lowest BCUT2D eigenvalue weighted by Gasteiger charge is -2.22. The third kappa shape index (κ3) is 6.16. The average Bonchev–Trinajstić information content (AvgIpc) is 3.81. The lowest BCUT2D eigenvalue weighted by Crippen LogP contribution is -2.30. The van der Waals surface area contributed by atoms with Gasteiger partial charge in [0.15, 0.2) is 0 Å². The van der Waals surface area contributed by atoms with E-state index in [-0.39, 0.29) is 11.3 Å². The SMILES string of the molecule is CC(=O)CCCCSc1ccc(C)c(CNC2(c3cnccc3-c3ccccc3OC3CC3)CC2)n1. The van der Waals surface area contributed by atoms with Crippen LogP contribution < -0.4 is 10.1 Å². The number of carbonyl (C=O) groups excluding carboxylic acids is 1. The van der Waals surface area contributed by atoms with Crippen molar-refractivity contribution in [1.29, 1.82) is 0 Å². The second-order valence-corrected chi connectivity index (χ2v) is 11.2. The van der Waals surface area contributed by atoms with Gasteiger partial charge in [0.2, 0.25) is 0 Å². The Hall–Kier alpha value is -2.70. The minimum absolute atomic E-state index is 0.0831. The fraction of sp³-hybridized carbons (Fsp3) is 0.433. The van der Waals surface area contributed by atoms with E-state index in [0.29, 0.717) is 12.5 Å². The molecular formula is C30H35N3O2S. The molecule has 0 atom stereocenters. The molecule has 0 aliphatic heterocycles. The third-order valence-electron chi connectivity index (χ3n) is 7.03. The number of nitrogens with one attached hydrogen (secondary N) is 1. The molecule has 2 aliphatic rings. The maximum Gasteiger partial charge on any atom is 0.129 e. The first-order chi connectivity index (χ1) is 17.5. The van der Waals surface area contributed by atoms with Gasteiger partial charge in [-0.3, -0.25) is 4.98 Å². The fourth-order valence-corrected chi connectivity index (χ4v) is 5.45. The molecule has 0 saturated heterocycles. The zero-order chi connectivity index (χ0) is 25.0. The number of thioether (sulfide) groups is 1. The number of Topliss-reactive ketones (excluding diaryl/α,β-unsaturated/α-hetero) is 1. The Labute approximate surface area is 218 Å². The fourth-order valence-electron chi connectivity index (χ4n) is 4.55. The Morgan fingerprint density at radius 1 is 1.11 bits per heavy atom. The highest BCUT2D eigenvalue weighted by Crippen LogP contribution is 2.50. The number of unbranched alkanes of at least 4 members (excludes halogenated alkanes) is 1. The van der Waals surface area contributed by atoms with Gasteiger partial charge < -0.3 is 14.8 Å². The molecule has 36 heavy (non-hydrogen) atoms. The number of aryl methyl sites for hydroxylation is 1. The quantitative estimate of drug-likeness (QED) is 0.210. The first kappa shape index (κ1) is 25.0. The van der Waals surface area contributed by atoms with E-state index in [9.17, 15) is 4.79 Å². The molecule has 3 aromatic rings. The number of ether oxygens (including phenoxy) is 1. The second-order valence-electron chi connectivity index (χ2n) is 10.1. The van der Waals surface area contributed by atoms with Gasteiger partial charge in [-0.2, -0.15) is 0 Å². The van der Waals surface area contributed by atoms with Crippen LogP contribution in [0.5, 0.6) is 5.75 Å². The van der Waals surface area contributed by atoms with Crippen LogP contribution in [0.15, 0.2) is 59.9 Å². The standard InChI is InChI=1S/C30H35N3O2S/c1-21-10-13-29(36-18-6-5-7-22(2)34)33-27(21)20-32-30(15-16-30)26-19-31-17-14-24(26)25-8-3-4-9-28(25)35-23-11-12-23/h3-4,8-10,13-14,17,19,23,32H,5-7,11-12,15-16,18,20H2,1-2H3. The van der Waals surface area contributed by atoms with E-state index < -0.39 is 0 Å². The van der Waals surface area contributed by atoms with Crippen molar-refractivity contribution in [2.24, 2.45) is 0 Å². The highest BCUT2D eigenvalue weighted by atomic mass is 32.2. The number of benzene rings is 1. The van der Waals surface area contributed by atoms with Crippen molar-refractivity contribution in [1.82, 2.24) is 15.3 Å². The van der Waals surface area contributed by atoms with Gasteiger partial charge in [0.05, 0.1) is 16.8 Å². The van der Waals surface area contributed by atoms with E-state index in [1.54, 1.807) is 18.7 Å². The molecule has 5 nitrogen and oxygen atoms in total. The van der Waals surface area contributed by atoms with Gasteiger partial charge in [0.1, 0.15) is 11.5 Å². The Morgan fingerprint density at radius 2 is 1.94 bits per heavy atom. The molecule has 0 amide bonds. The first-order valence-corrected chi connectivity index (χ1v) is 14.1. The summed E-state index contributed by atoms with van der Waals surface area (Å²) in [6.07, 6.45) is 11.4. The molecule has 2 aromatic heterocycles. The van der Waals surface area contributed by atoms with Gasteiger partial charge in [0.25, 0.3) is 0 Å². The summed E-state index contributed by atoms with van der Waals surface area (Å²) in [7, 11) is 0. The lowest BCUT2D eigenvalue weighted by molar-refractivity contribution is -0.117. The molecule has 2 saturated carbocycles. The minimum Gasteiger partial charge on any atom is -0.490 e. The molecule has 2 heterocycles. The molecule has 5 rings (SSSR count). The van der Waals surface area contributed by atoms with Crippen molar-refractivity contribution in [3.63, 3.8) is 0 Å². The first-order valence-electron chi connectivity index (χ1n) is 13.1. The summed E-state index contributed by atoms with van der Waals surface area (Å²) in [5.74, 6) is 2.22. The number of carbonyl (C=O) groups is 1. The number of nitrogens with zero attached hydrogens (tertiary/aromatic N) is 2. The molecule has 2 aliphatic carbocycles. The van der Waals surface area contributed by atoms with Gasteiger partial charge in [-0.05, 0) is 93.0 Å². The van der Waals surface area contributed by atoms with Gasteiger partial charge in [-0.25, -0.2) is 4.98 Å². The maximum absolute atomic E-state index is 11.1. The van der Waals surface area contributed by atoms with E-state index >= 15 is 0 Å². The number of aromatic nitrogens is 2. The molecule has 0 spiro atoms. The van der Waals surface area contributed by atoms with Gasteiger partial charge in [0, 0.05) is 36.5 Å². The Bertz CT molecular complexity index is 1220. The number of para-hydroxylation sites is 1. The number of hydrogen-bond donors (Lipinski definition) is 1. The van der Waals surface area contributed by atoms with Crippen LogP contribution >= 0.6 is 11.8 Å². The van der Waals surface area contributed by atoms with Crippen molar-refractivity contribution >= 4 is 17.5 Å². The molecule has 0 bridgehead atoms. The van der Waals surface area contributed by atoms with Crippen LogP contribution in [-0.2, 0) is 16.9 Å². The highest BCUT2D eigenvalue weighted by Gasteiger charge is 2.46. The summed E-state index contributed by atoms with van der Waals surface area (Å²) >= 11 is 1.78. The predicted octanol–water partition coefficient (Wildman–Crippen LogP) is 6.62. The molecule has 2 fully saturated rings. The Balaban J connectivity index is 1.29. The number of hydrogen-bond acceptors (Lipinski definition) is 6. The second kappa shape index (κ2) is 11.1. The van der Waals surface area contributed by atoms with Crippen LogP contribution in [0.1, 0.15) is 68.7 Å². The van der Waals surface area contributed by atoms with Crippen LogP contribution in [0.4, 0.5) is 0 Å². The number of ketones is 1. The topological polar surface area (TPSA) is 64.1 Å². The summed E-state index contributed by atoms with van der Waals surface area (Å²) in [6.45, 7) is 4.51. The van der Waals surface area contributed by atoms with Gasteiger partial charge >= 0.3 is 0 Å². The lowest BCUT2D eigenvalue weighted by atomic mass is 9.94. The normalized spacial score (nSPS) is 16.1. The Morgan fingerprint density at radius 3 is 2.72 bits per heavy atom. The van der Waals surface area contributed by atoms with Gasteiger partial charge in [-0.1, -0.05) is 24.3 Å². The summed E-state index contributed by atoms with van der Waals surface area (Å²) in [6, 6.07) is 14.8. The molecule has 6 heteroatoms. The van der Waals surface area contributed by atoms with Crippen molar-refractivity contribution in [3.05, 3.63) is 71.7 Å². The zero-order valence-electron chi connectivity index (χ0n) is 21.3. The molecule has 1 aromatic carbocycles. The maximum atomic E-state index is 11.1. The number of pyridine rings is 2. The Kier molecular flexibility index (Phi) is 7.73. The van der Waals surface area contributed by atoms with Crippen LogP contribution in [0.2, 0.25) is 0 Å². The molecule has 188 valence electrons. The van der Waals surface area contributed by atoms with Crippen LogP contribution in [-0.4, -0.2) is 27.6 Å². The zero-order valence-corrected chi connectivity index (χ0v) is 22.1. The van der Waals surface area contributed by atoms with Crippen LogP contribution in [0.25, 0.3) is 11.1 Å². The summed E-state index contributed by atoms with van der Waals surface area (Å²) in [5, 5.41) is 4.91. The average molecular weight is 502 g/mol. The molecule has 0 unspecified atom stereocenters. The van der Waals surface area contributed by atoms with E-state index in [1.807, 2.05) is 12.4 Å². The predicted molar refractivity (Wildman–Crippen MR) is 145 cm³/mol. The van der Waals surface area contributed by atoms with E-state index in [4.69, 9.17) is 9.72 Å². The molecular weight excluding hydrogens is 466 g/mol. The van der Waals surface area contributed by atoms with Crippen molar-refractivity contribution < 1.29 is 9.53 Å². The van der Waals surface area contributed by atoms with Crippen molar-refractivity contribution in [2.75, 3.05) is 5.75 Å². The van der Waals surface area contributed by atoms with Crippen molar-refractivity contribution in [2.45, 2.75) is 82.0 Å². The van der Waals surface area contributed by atoms with Crippen molar-refractivity contribution in [3.8, 4) is 16.9 Å². The van der Waals surface area contributed by atoms with E-state index in [1.165, 1.54) is 16.7 Å². The van der Waals surface area contributed by atoms with E-state index in [0.717, 1.165) is 72.9 Å². The minimum atomic E-state index is -0.0831. The largest absolute Gasteiger partial charge is 0.490 e. The summed E-state index contributed by atoms with van der Waals surface area (Å²) in [4.78, 5) is 20.6. The van der Waals surface area contributed by atoms with Crippen LogP contribution in [0, 0.1) is 6.92 Å².